The lowest BCUT2D eigenvalue weighted by Gasteiger charge is -2.19. The highest BCUT2D eigenvalue weighted by molar-refractivity contribution is 5.38. The maximum atomic E-state index is 6.35. The van der Waals surface area contributed by atoms with E-state index in [1.807, 2.05) is 0 Å². The predicted octanol–water partition coefficient (Wildman–Crippen LogP) is 11.0. The van der Waals surface area contributed by atoms with Gasteiger partial charge in [-0.05, 0) is 62.4 Å². The van der Waals surface area contributed by atoms with Gasteiger partial charge in [-0.3, -0.25) is 0 Å². The van der Waals surface area contributed by atoms with Gasteiger partial charge in [0.1, 0.15) is 11.5 Å². The Kier molecular flexibility index (Phi) is 23.6. The summed E-state index contributed by atoms with van der Waals surface area (Å²) in [6.45, 7) is 16.2. The van der Waals surface area contributed by atoms with Gasteiger partial charge >= 0.3 is 0 Å². The first kappa shape index (κ1) is 35.8. The molecule has 1 rings (SSSR count). The van der Waals surface area contributed by atoms with Crippen LogP contribution >= 0.6 is 0 Å². The van der Waals surface area contributed by atoms with E-state index in [1.165, 1.54) is 115 Å². The highest BCUT2D eigenvalue weighted by Crippen LogP contribution is 2.26. The fourth-order valence-corrected chi connectivity index (χ4v) is 5.42. The molecule has 3 heteroatoms. The summed E-state index contributed by atoms with van der Waals surface area (Å²) < 4.78 is 12.6. The van der Waals surface area contributed by atoms with E-state index in [2.05, 4.69) is 57.7 Å². The Hall–Kier alpha value is -1.22. The van der Waals surface area contributed by atoms with E-state index in [9.17, 15) is 0 Å². The average molecular weight is 546 g/mol. The van der Waals surface area contributed by atoms with Gasteiger partial charge in [-0.2, -0.15) is 0 Å². The van der Waals surface area contributed by atoms with Crippen LogP contribution in [0.1, 0.15) is 156 Å². The molecule has 0 aromatic heterocycles. The summed E-state index contributed by atoms with van der Waals surface area (Å²) in [7, 11) is 0. The summed E-state index contributed by atoms with van der Waals surface area (Å²) in [5, 5.41) is 0. The van der Waals surface area contributed by atoms with Crippen LogP contribution in [-0.2, 0) is 6.42 Å². The molecule has 0 N–H and O–H groups in total. The van der Waals surface area contributed by atoms with Gasteiger partial charge in [0.05, 0.1) is 13.2 Å². The molecule has 0 amide bonds. The van der Waals surface area contributed by atoms with E-state index < -0.39 is 0 Å². The molecule has 0 bridgehead atoms. The third-order valence-corrected chi connectivity index (χ3v) is 8.32. The molecule has 0 fully saturated rings. The van der Waals surface area contributed by atoms with Crippen molar-refractivity contribution in [1.82, 2.24) is 4.90 Å². The molecule has 1 atom stereocenters. The second-order valence-corrected chi connectivity index (χ2v) is 11.8. The summed E-state index contributed by atoms with van der Waals surface area (Å²) in [4.78, 5) is 2.46. The van der Waals surface area contributed by atoms with Crippen molar-refractivity contribution in [3.63, 3.8) is 0 Å². The van der Waals surface area contributed by atoms with Crippen molar-refractivity contribution in [2.45, 2.75) is 157 Å². The molecule has 0 radical (unpaired) electrons. The average Bonchev–Trinajstić information content (AvgIpc) is 2.95. The summed E-state index contributed by atoms with van der Waals surface area (Å²) in [5.41, 5.74) is 1.37. The van der Waals surface area contributed by atoms with Gasteiger partial charge in [0.15, 0.2) is 0 Å². The molecular weight excluding hydrogens is 478 g/mol. The van der Waals surface area contributed by atoms with Gasteiger partial charge in [-0.15, -0.1) is 0 Å². The number of aryl methyl sites for hydroxylation is 1. The number of nitrogens with zero attached hydrogens (tertiary/aromatic N) is 1. The first-order valence-corrected chi connectivity index (χ1v) is 17.3. The van der Waals surface area contributed by atoms with Crippen molar-refractivity contribution >= 4 is 0 Å². The molecule has 3 nitrogen and oxygen atoms in total. The molecule has 0 saturated carbocycles. The Labute approximate surface area is 244 Å². The highest BCUT2D eigenvalue weighted by Gasteiger charge is 2.10. The van der Waals surface area contributed by atoms with Crippen LogP contribution < -0.4 is 9.47 Å². The van der Waals surface area contributed by atoms with Gasteiger partial charge < -0.3 is 14.4 Å². The van der Waals surface area contributed by atoms with Crippen LogP contribution in [0.3, 0.4) is 0 Å². The first-order valence-electron chi connectivity index (χ1n) is 17.3. The highest BCUT2D eigenvalue weighted by atomic mass is 16.5. The number of rotatable bonds is 28. The second kappa shape index (κ2) is 25.7. The molecule has 0 aliphatic rings. The van der Waals surface area contributed by atoms with Gasteiger partial charge in [0.25, 0.3) is 0 Å². The van der Waals surface area contributed by atoms with E-state index in [0.29, 0.717) is 5.92 Å². The van der Waals surface area contributed by atoms with Crippen molar-refractivity contribution in [3.05, 3.63) is 23.8 Å². The zero-order valence-electron chi connectivity index (χ0n) is 27.0. The SMILES string of the molecule is CCCCCCCCCCCCCCCc1cc(OCCCN(CC)CC)cc(OCC(CC)CCCC)c1. The molecule has 0 aliphatic carbocycles. The fourth-order valence-electron chi connectivity index (χ4n) is 5.42. The van der Waals surface area contributed by atoms with Gasteiger partial charge in [-0.1, -0.05) is 131 Å². The van der Waals surface area contributed by atoms with Crippen molar-refractivity contribution in [1.29, 1.82) is 0 Å². The molecule has 0 heterocycles. The molecule has 1 unspecified atom stereocenters. The van der Waals surface area contributed by atoms with Crippen LogP contribution in [0.15, 0.2) is 18.2 Å². The Morgan fingerprint density at radius 3 is 1.67 bits per heavy atom. The third-order valence-electron chi connectivity index (χ3n) is 8.32. The lowest BCUT2D eigenvalue weighted by Crippen LogP contribution is -2.25. The Balaban J connectivity index is 2.44. The van der Waals surface area contributed by atoms with E-state index in [-0.39, 0.29) is 0 Å². The topological polar surface area (TPSA) is 21.7 Å². The predicted molar refractivity (Wildman–Crippen MR) is 173 cm³/mol. The molecule has 0 aliphatic heterocycles. The van der Waals surface area contributed by atoms with Crippen LogP contribution in [0.2, 0.25) is 0 Å². The Morgan fingerprint density at radius 1 is 0.590 bits per heavy atom. The van der Waals surface area contributed by atoms with E-state index in [4.69, 9.17) is 9.47 Å². The van der Waals surface area contributed by atoms with Crippen LogP contribution in [0.5, 0.6) is 11.5 Å². The minimum absolute atomic E-state index is 0.646. The zero-order valence-corrected chi connectivity index (χ0v) is 27.0. The number of unbranched alkanes of at least 4 members (excludes halogenated alkanes) is 13. The van der Waals surface area contributed by atoms with Gasteiger partial charge in [0.2, 0.25) is 0 Å². The lowest BCUT2D eigenvalue weighted by molar-refractivity contribution is 0.229. The van der Waals surface area contributed by atoms with E-state index in [0.717, 1.165) is 57.2 Å². The first-order chi connectivity index (χ1) is 19.2. The summed E-state index contributed by atoms with van der Waals surface area (Å²) in [5.74, 6) is 2.63. The largest absolute Gasteiger partial charge is 0.493 e. The zero-order chi connectivity index (χ0) is 28.4. The van der Waals surface area contributed by atoms with Crippen molar-refractivity contribution in [2.24, 2.45) is 5.92 Å². The number of benzene rings is 1. The summed E-state index contributed by atoms with van der Waals surface area (Å²) in [6.07, 6.45) is 25.4. The van der Waals surface area contributed by atoms with Crippen LogP contribution in [-0.4, -0.2) is 37.7 Å². The van der Waals surface area contributed by atoms with Crippen molar-refractivity contribution in [2.75, 3.05) is 32.8 Å². The van der Waals surface area contributed by atoms with Crippen LogP contribution in [0.4, 0.5) is 0 Å². The quantitative estimate of drug-likeness (QED) is 0.0977. The normalized spacial score (nSPS) is 12.3. The molecular formula is C36H67NO2. The monoisotopic (exact) mass is 546 g/mol. The number of hydrogen-bond acceptors (Lipinski definition) is 3. The minimum Gasteiger partial charge on any atom is -0.493 e. The minimum atomic E-state index is 0.646. The van der Waals surface area contributed by atoms with E-state index >= 15 is 0 Å². The maximum absolute atomic E-state index is 6.35. The lowest BCUT2D eigenvalue weighted by atomic mass is 10.0. The van der Waals surface area contributed by atoms with Crippen molar-refractivity contribution in [3.8, 4) is 11.5 Å². The van der Waals surface area contributed by atoms with Gasteiger partial charge in [-0.25, -0.2) is 0 Å². The van der Waals surface area contributed by atoms with Gasteiger partial charge in [0, 0.05) is 12.6 Å². The van der Waals surface area contributed by atoms with Crippen LogP contribution in [0, 0.1) is 5.92 Å². The molecule has 0 saturated heterocycles. The molecule has 1 aromatic rings. The summed E-state index contributed by atoms with van der Waals surface area (Å²) >= 11 is 0. The molecule has 39 heavy (non-hydrogen) atoms. The third kappa shape index (κ3) is 19.5. The maximum Gasteiger partial charge on any atom is 0.123 e. The Morgan fingerprint density at radius 2 is 1.13 bits per heavy atom. The molecule has 1 aromatic carbocycles. The number of ether oxygens (including phenoxy) is 2. The molecule has 0 spiro atoms. The standard InChI is InChI=1S/C36H67NO2/c1-6-11-13-14-15-16-17-18-19-20-21-22-23-26-34-29-35(38-28-24-27-37(9-4)10-5)31-36(30-34)39-32-33(8-3)25-12-7-2/h29-31,33H,6-28,32H2,1-5H3. The Bertz CT molecular complexity index is 657. The molecule has 228 valence electrons. The smallest absolute Gasteiger partial charge is 0.123 e. The summed E-state index contributed by atoms with van der Waals surface area (Å²) in [6, 6.07) is 6.66. The fraction of sp³-hybridized carbons (Fsp3) is 0.833. The number of hydrogen-bond donors (Lipinski definition) is 0. The second-order valence-electron chi connectivity index (χ2n) is 11.8. The van der Waals surface area contributed by atoms with E-state index in [1.54, 1.807) is 0 Å². The van der Waals surface area contributed by atoms with Crippen LogP contribution in [0.25, 0.3) is 0 Å². The van der Waals surface area contributed by atoms with Crippen molar-refractivity contribution < 1.29 is 9.47 Å².